The van der Waals surface area contributed by atoms with E-state index in [2.05, 4.69) is 28.6 Å². The molecule has 0 rings (SSSR count). The minimum atomic E-state index is -1.34. The van der Waals surface area contributed by atoms with Crippen molar-refractivity contribution in [3.63, 3.8) is 0 Å². The van der Waals surface area contributed by atoms with Crippen molar-refractivity contribution in [3.05, 3.63) is 0 Å². The Labute approximate surface area is 185 Å². The Morgan fingerprint density at radius 2 is 1.53 bits per heavy atom. The number of carboxylic acid groups (broad SMARTS) is 1. The van der Waals surface area contributed by atoms with E-state index in [1.54, 1.807) is 13.8 Å². The van der Waals surface area contributed by atoms with E-state index < -0.39 is 66.1 Å². The molecule has 0 aromatic rings. The molecule has 4 atom stereocenters. The fourth-order valence-corrected chi connectivity index (χ4v) is 3.05. The number of hydrogen-bond acceptors (Lipinski definition) is 8. The number of hydrogen-bond donors (Lipinski definition) is 7. The molecule has 0 saturated heterocycles. The summed E-state index contributed by atoms with van der Waals surface area (Å²) >= 11 is 5.51. The van der Waals surface area contributed by atoms with Gasteiger partial charge in [-0.25, -0.2) is 4.79 Å². The number of rotatable bonds is 14. The molecule has 8 N–H and O–H groups in total. The van der Waals surface area contributed by atoms with Crippen LogP contribution in [0.1, 0.15) is 26.7 Å². The lowest BCUT2D eigenvalue weighted by atomic mass is 10.0. The first-order valence-electron chi connectivity index (χ1n) is 9.22. The minimum absolute atomic E-state index is 0.146. The second-order valence-electron chi connectivity index (χ2n) is 6.93. The highest BCUT2D eigenvalue weighted by molar-refractivity contribution is 7.98. The summed E-state index contributed by atoms with van der Waals surface area (Å²) in [5, 5.41) is 16.2. The predicted molar refractivity (Wildman–Crippen MR) is 117 cm³/mol. The summed E-state index contributed by atoms with van der Waals surface area (Å²) in [5.41, 5.74) is 10.9. The Bertz CT molecular complexity index is 634. The van der Waals surface area contributed by atoms with Gasteiger partial charge in [0.2, 0.25) is 23.6 Å². The van der Waals surface area contributed by atoms with Crippen LogP contribution in [-0.2, 0) is 24.0 Å². The van der Waals surface area contributed by atoms with Gasteiger partial charge in [-0.3, -0.25) is 19.2 Å². The Kier molecular flexibility index (Phi) is 13.2. The first kappa shape index (κ1) is 28.0. The first-order valence-corrected chi connectivity index (χ1v) is 11.2. The molecule has 0 aromatic carbocycles. The highest BCUT2D eigenvalue weighted by Gasteiger charge is 2.31. The van der Waals surface area contributed by atoms with Gasteiger partial charge >= 0.3 is 5.97 Å². The lowest BCUT2D eigenvalue weighted by Crippen LogP contribution is -2.58. The molecule has 4 unspecified atom stereocenters. The maximum Gasteiger partial charge on any atom is 0.326 e. The summed E-state index contributed by atoms with van der Waals surface area (Å²) in [4.78, 5) is 59.7. The van der Waals surface area contributed by atoms with Crippen LogP contribution in [0.4, 0.5) is 0 Å². The molecule has 0 heterocycles. The number of carbonyl (C=O) groups is 5. The maximum absolute atomic E-state index is 12.6. The molecule has 0 aliphatic rings. The van der Waals surface area contributed by atoms with Crippen LogP contribution in [0.25, 0.3) is 0 Å². The maximum atomic E-state index is 12.6. The van der Waals surface area contributed by atoms with Crippen molar-refractivity contribution in [1.29, 1.82) is 0 Å². The monoisotopic (exact) mass is 465 g/mol. The molecular formula is C17H31N5O6S2. The molecule has 0 bridgehead atoms. The lowest BCUT2D eigenvalue weighted by Gasteiger charge is -2.24. The van der Waals surface area contributed by atoms with Crippen molar-refractivity contribution in [2.75, 3.05) is 17.8 Å². The molecule has 0 saturated carbocycles. The summed E-state index contributed by atoms with van der Waals surface area (Å²) in [7, 11) is 0. The van der Waals surface area contributed by atoms with Gasteiger partial charge < -0.3 is 32.5 Å². The van der Waals surface area contributed by atoms with Crippen LogP contribution in [-0.4, -0.2) is 76.6 Å². The lowest BCUT2D eigenvalue weighted by molar-refractivity contribution is -0.143. The first-order chi connectivity index (χ1) is 13.9. The summed E-state index contributed by atoms with van der Waals surface area (Å²) in [5.74, 6) is -4.22. The van der Waals surface area contributed by atoms with Crippen molar-refractivity contribution >= 4 is 54.0 Å². The van der Waals surface area contributed by atoms with E-state index in [0.29, 0.717) is 12.2 Å². The van der Waals surface area contributed by atoms with Crippen LogP contribution < -0.4 is 27.4 Å². The number of carbonyl (C=O) groups excluding carboxylic acids is 4. The average molecular weight is 466 g/mol. The average Bonchev–Trinajstić information content (AvgIpc) is 2.66. The van der Waals surface area contributed by atoms with E-state index in [0.717, 1.165) is 0 Å². The number of aliphatic carboxylic acids is 1. The van der Waals surface area contributed by atoms with Crippen molar-refractivity contribution in [3.8, 4) is 0 Å². The van der Waals surface area contributed by atoms with E-state index in [1.807, 2.05) is 6.26 Å². The molecule has 0 aliphatic heterocycles. The zero-order valence-electron chi connectivity index (χ0n) is 17.2. The number of nitrogens with two attached hydrogens (primary N) is 2. The van der Waals surface area contributed by atoms with Gasteiger partial charge in [-0.05, 0) is 24.3 Å². The highest BCUT2D eigenvalue weighted by atomic mass is 32.2. The molecule has 0 aliphatic carbocycles. The summed E-state index contributed by atoms with van der Waals surface area (Å²) in [6, 6.07) is -4.58. The molecule has 30 heavy (non-hydrogen) atoms. The van der Waals surface area contributed by atoms with Crippen LogP contribution in [0, 0.1) is 5.92 Å². The fraction of sp³-hybridized carbons (Fsp3) is 0.706. The third-order valence-corrected chi connectivity index (χ3v) is 5.06. The molecule has 0 spiro atoms. The number of carboxylic acids is 1. The Balaban J connectivity index is 5.21. The molecule has 0 fully saturated rings. The van der Waals surface area contributed by atoms with Gasteiger partial charge in [-0.2, -0.15) is 24.4 Å². The summed E-state index contributed by atoms with van der Waals surface area (Å²) < 4.78 is 0. The quantitative estimate of drug-likeness (QED) is 0.144. The van der Waals surface area contributed by atoms with Crippen molar-refractivity contribution in [2.45, 2.75) is 50.9 Å². The van der Waals surface area contributed by atoms with E-state index in [-0.39, 0.29) is 5.75 Å². The number of thioether (sulfide) groups is 1. The molecular weight excluding hydrogens is 434 g/mol. The molecule has 4 amide bonds. The fourth-order valence-electron chi connectivity index (χ4n) is 2.30. The Morgan fingerprint density at radius 1 is 1.00 bits per heavy atom. The van der Waals surface area contributed by atoms with Crippen molar-refractivity contribution < 1.29 is 29.1 Å². The third kappa shape index (κ3) is 10.2. The van der Waals surface area contributed by atoms with Crippen LogP contribution >= 0.6 is 24.4 Å². The second-order valence-corrected chi connectivity index (χ2v) is 8.28. The van der Waals surface area contributed by atoms with Gasteiger partial charge in [0.05, 0.1) is 12.5 Å². The summed E-state index contributed by atoms with van der Waals surface area (Å²) in [6.07, 6.45) is 1.72. The van der Waals surface area contributed by atoms with Crippen LogP contribution in [0.15, 0.2) is 0 Å². The number of nitrogens with one attached hydrogen (secondary N) is 3. The zero-order valence-corrected chi connectivity index (χ0v) is 18.9. The van der Waals surface area contributed by atoms with Gasteiger partial charge in [0.1, 0.15) is 18.1 Å². The smallest absolute Gasteiger partial charge is 0.326 e. The summed E-state index contributed by atoms with van der Waals surface area (Å²) in [6.45, 7) is 3.23. The van der Waals surface area contributed by atoms with Crippen molar-refractivity contribution in [2.24, 2.45) is 17.4 Å². The molecule has 13 heteroatoms. The normalized spacial score (nSPS) is 14.9. The number of thiol groups is 1. The van der Waals surface area contributed by atoms with Gasteiger partial charge in [-0.15, -0.1) is 0 Å². The molecule has 11 nitrogen and oxygen atoms in total. The largest absolute Gasteiger partial charge is 0.480 e. The molecule has 0 aromatic heterocycles. The molecule has 172 valence electrons. The highest BCUT2D eigenvalue weighted by Crippen LogP contribution is 2.04. The van der Waals surface area contributed by atoms with E-state index in [4.69, 9.17) is 11.5 Å². The second kappa shape index (κ2) is 14.1. The van der Waals surface area contributed by atoms with E-state index in [9.17, 15) is 29.1 Å². The van der Waals surface area contributed by atoms with Crippen LogP contribution in [0.5, 0.6) is 0 Å². The minimum Gasteiger partial charge on any atom is -0.480 e. The topological polar surface area (TPSA) is 194 Å². The molecule has 0 radical (unpaired) electrons. The third-order valence-electron chi connectivity index (χ3n) is 4.05. The SMILES string of the molecule is CSCCC(N)C(=O)NC(CC(N)=O)C(=O)NC(CS)C(=O)NC(C(=O)O)C(C)C. The van der Waals surface area contributed by atoms with Crippen molar-refractivity contribution in [1.82, 2.24) is 16.0 Å². The van der Waals surface area contributed by atoms with Gasteiger partial charge in [0.15, 0.2) is 0 Å². The van der Waals surface area contributed by atoms with Crippen LogP contribution in [0.2, 0.25) is 0 Å². The number of primary amides is 1. The Hall–Kier alpha value is -1.99. The number of amides is 4. The van der Waals surface area contributed by atoms with E-state index >= 15 is 0 Å². The van der Waals surface area contributed by atoms with Gasteiger partial charge in [-0.1, -0.05) is 13.8 Å². The van der Waals surface area contributed by atoms with Crippen LogP contribution in [0.3, 0.4) is 0 Å². The zero-order chi connectivity index (χ0) is 23.4. The van der Waals surface area contributed by atoms with E-state index in [1.165, 1.54) is 11.8 Å². The van der Waals surface area contributed by atoms with Gasteiger partial charge in [0, 0.05) is 5.75 Å². The van der Waals surface area contributed by atoms with Gasteiger partial charge in [0.25, 0.3) is 0 Å². The standard InChI is InChI=1S/C17H31N5O6S2/c1-8(2)13(17(27)28)22-16(26)11(7-29)21-15(25)10(6-12(19)23)20-14(24)9(18)4-5-30-3/h8-11,13,29H,4-7,18H2,1-3H3,(H2,19,23)(H,20,24)(H,21,25)(H,22,26)(H,27,28). The Morgan fingerprint density at radius 3 is 1.97 bits per heavy atom. The predicted octanol–water partition coefficient (Wildman–Crippen LogP) is -1.93.